The van der Waals surface area contributed by atoms with Gasteiger partial charge in [0.25, 0.3) is 0 Å². The highest BCUT2D eigenvalue weighted by atomic mass is 16.4. The van der Waals surface area contributed by atoms with Crippen molar-refractivity contribution in [2.45, 2.75) is 19.9 Å². The van der Waals surface area contributed by atoms with Crippen LogP contribution in [0.15, 0.2) is 36.5 Å². The minimum atomic E-state index is -1.31. The molecule has 2 rings (SSSR count). The van der Waals surface area contributed by atoms with Gasteiger partial charge in [0.1, 0.15) is 0 Å². The second kappa shape index (κ2) is 6.71. The summed E-state index contributed by atoms with van der Waals surface area (Å²) in [6.07, 6.45) is 3.72. The normalized spacial score (nSPS) is 11.0. The molecule has 0 atom stereocenters. The number of carboxylic acids is 2. The molecule has 6 heteroatoms. The van der Waals surface area contributed by atoms with Crippen molar-refractivity contribution >= 4 is 18.0 Å². The van der Waals surface area contributed by atoms with Crippen LogP contribution in [0.1, 0.15) is 17.5 Å². The average Bonchev–Trinajstić information content (AvgIpc) is 2.87. The van der Waals surface area contributed by atoms with Gasteiger partial charge in [0.15, 0.2) is 0 Å². The van der Waals surface area contributed by atoms with Crippen molar-refractivity contribution in [3.8, 4) is 11.3 Å². The number of aliphatic carboxylic acids is 2. The molecule has 0 fully saturated rings. The molecule has 0 amide bonds. The summed E-state index contributed by atoms with van der Waals surface area (Å²) in [6.45, 7) is 2.11. The Hall–Kier alpha value is -2.89. The quantitative estimate of drug-likeness (QED) is 0.686. The highest BCUT2D eigenvalue weighted by molar-refractivity contribution is 5.85. The summed E-state index contributed by atoms with van der Waals surface area (Å²) in [6, 6.07) is 7.58. The number of hydrogen-bond donors (Lipinski definition) is 0. The topological polar surface area (TPSA) is 98.1 Å². The standard InChI is InChI=1S/C16H16N2O4/c1-11-2-4-12(5-3-11)16-13(6-7-14(19)20)10-18(17-16)9-8-15(21)22/h2-7,10H,8-9H2,1H3,(H,19,20)(H,21,22)/p-2/b7-6+. The molecule has 0 aliphatic heterocycles. The summed E-state index contributed by atoms with van der Waals surface area (Å²) < 4.78 is 1.46. The molecule has 1 aromatic heterocycles. The minimum Gasteiger partial charge on any atom is -0.550 e. The number of benzene rings is 1. The van der Waals surface area contributed by atoms with Gasteiger partial charge in [-0.05, 0) is 19.1 Å². The Balaban J connectivity index is 2.38. The third kappa shape index (κ3) is 4.05. The van der Waals surface area contributed by atoms with Gasteiger partial charge in [-0.1, -0.05) is 29.8 Å². The van der Waals surface area contributed by atoms with Crippen molar-refractivity contribution in [1.29, 1.82) is 0 Å². The van der Waals surface area contributed by atoms with Crippen LogP contribution in [0, 0.1) is 6.92 Å². The SMILES string of the molecule is Cc1ccc(-c2nn(CCC(=O)[O-])cc2/C=C/C(=O)[O-])cc1. The molecule has 22 heavy (non-hydrogen) atoms. The summed E-state index contributed by atoms with van der Waals surface area (Å²) in [5, 5.41) is 25.4. The van der Waals surface area contributed by atoms with Crippen molar-refractivity contribution in [1.82, 2.24) is 9.78 Å². The highest BCUT2D eigenvalue weighted by Crippen LogP contribution is 2.23. The molecule has 0 saturated carbocycles. The van der Waals surface area contributed by atoms with E-state index in [1.54, 1.807) is 6.20 Å². The molecule has 2 aromatic rings. The van der Waals surface area contributed by atoms with Crippen molar-refractivity contribution in [2.75, 3.05) is 0 Å². The predicted octanol–water partition coefficient (Wildman–Crippen LogP) is -0.238. The van der Waals surface area contributed by atoms with Gasteiger partial charge in [-0.25, -0.2) is 0 Å². The predicted molar refractivity (Wildman–Crippen MR) is 76.1 cm³/mol. The summed E-state index contributed by atoms with van der Waals surface area (Å²) in [5.41, 5.74) is 3.06. The molecule has 114 valence electrons. The van der Waals surface area contributed by atoms with Gasteiger partial charge in [0.05, 0.1) is 11.7 Å². The Kier molecular flexibility index (Phi) is 4.73. The van der Waals surface area contributed by atoms with Crippen molar-refractivity contribution in [2.24, 2.45) is 0 Å². The molecule has 0 aliphatic carbocycles. The number of rotatable bonds is 6. The molecule has 0 radical (unpaired) electrons. The monoisotopic (exact) mass is 298 g/mol. The molecule has 0 aliphatic rings. The molecule has 6 nitrogen and oxygen atoms in total. The van der Waals surface area contributed by atoms with Crippen molar-refractivity contribution in [3.63, 3.8) is 0 Å². The van der Waals surface area contributed by atoms with E-state index in [9.17, 15) is 19.8 Å². The maximum absolute atomic E-state index is 10.6. The van der Waals surface area contributed by atoms with E-state index in [4.69, 9.17) is 0 Å². The Labute approximate surface area is 127 Å². The fraction of sp³-hybridized carbons (Fsp3) is 0.188. The number of carboxylic acid groups (broad SMARTS) is 2. The Morgan fingerprint density at radius 2 is 1.91 bits per heavy atom. The molecule has 0 unspecified atom stereocenters. The summed E-state index contributed by atoms with van der Waals surface area (Å²) in [7, 11) is 0. The fourth-order valence-corrected chi connectivity index (χ4v) is 1.97. The van der Waals surface area contributed by atoms with E-state index >= 15 is 0 Å². The zero-order valence-electron chi connectivity index (χ0n) is 12.0. The molecular weight excluding hydrogens is 284 g/mol. The van der Waals surface area contributed by atoms with Crippen LogP contribution in [0.5, 0.6) is 0 Å². The molecular formula is C16H14N2O4-2. The Bertz CT molecular complexity index is 714. The second-order valence-corrected chi connectivity index (χ2v) is 4.84. The number of carbonyl (C=O) groups excluding carboxylic acids is 2. The number of aryl methyl sites for hydroxylation is 2. The van der Waals surface area contributed by atoms with Crippen LogP contribution in [0.4, 0.5) is 0 Å². The van der Waals surface area contributed by atoms with Gasteiger partial charge in [-0.2, -0.15) is 5.10 Å². The summed E-state index contributed by atoms with van der Waals surface area (Å²) in [4.78, 5) is 21.1. The molecule has 1 heterocycles. The zero-order valence-corrected chi connectivity index (χ0v) is 12.0. The van der Waals surface area contributed by atoms with Crippen LogP contribution < -0.4 is 10.2 Å². The number of aromatic nitrogens is 2. The van der Waals surface area contributed by atoms with E-state index in [0.29, 0.717) is 11.3 Å². The third-order valence-corrected chi connectivity index (χ3v) is 3.06. The minimum absolute atomic E-state index is 0.153. The van der Waals surface area contributed by atoms with Crippen LogP contribution in [0.2, 0.25) is 0 Å². The zero-order chi connectivity index (χ0) is 16.1. The number of carbonyl (C=O) groups is 2. The first-order valence-corrected chi connectivity index (χ1v) is 6.69. The van der Waals surface area contributed by atoms with Crippen LogP contribution in [-0.4, -0.2) is 21.7 Å². The van der Waals surface area contributed by atoms with Crippen molar-refractivity contribution < 1.29 is 19.8 Å². The first kappa shape index (κ1) is 15.5. The van der Waals surface area contributed by atoms with Crippen LogP contribution in [-0.2, 0) is 16.1 Å². The van der Waals surface area contributed by atoms with E-state index in [-0.39, 0.29) is 13.0 Å². The van der Waals surface area contributed by atoms with E-state index in [0.717, 1.165) is 17.2 Å². The van der Waals surface area contributed by atoms with E-state index in [1.165, 1.54) is 10.8 Å². The van der Waals surface area contributed by atoms with Gasteiger partial charge < -0.3 is 19.8 Å². The lowest BCUT2D eigenvalue weighted by Crippen LogP contribution is -2.23. The Morgan fingerprint density at radius 1 is 1.23 bits per heavy atom. The maximum Gasteiger partial charge on any atom is 0.0995 e. The largest absolute Gasteiger partial charge is 0.550 e. The van der Waals surface area contributed by atoms with Crippen molar-refractivity contribution in [3.05, 3.63) is 47.7 Å². The third-order valence-electron chi connectivity index (χ3n) is 3.06. The molecule has 0 spiro atoms. The maximum atomic E-state index is 10.6. The first-order chi connectivity index (χ1) is 10.5. The van der Waals surface area contributed by atoms with Crippen LogP contribution in [0.3, 0.4) is 0 Å². The molecule has 0 saturated heterocycles. The lowest BCUT2D eigenvalue weighted by Gasteiger charge is -2.02. The van der Waals surface area contributed by atoms with Gasteiger partial charge in [0.2, 0.25) is 0 Å². The molecule has 0 N–H and O–H groups in total. The Morgan fingerprint density at radius 3 is 2.50 bits per heavy atom. The van der Waals surface area contributed by atoms with Gasteiger partial charge in [-0.3, -0.25) is 4.68 Å². The van der Waals surface area contributed by atoms with E-state index < -0.39 is 11.9 Å². The molecule has 1 aromatic carbocycles. The van der Waals surface area contributed by atoms with Gasteiger partial charge in [0, 0.05) is 36.3 Å². The number of hydrogen-bond acceptors (Lipinski definition) is 5. The van der Waals surface area contributed by atoms with Crippen LogP contribution >= 0.6 is 0 Å². The van der Waals surface area contributed by atoms with E-state index in [2.05, 4.69) is 5.10 Å². The molecule has 0 bridgehead atoms. The summed E-state index contributed by atoms with van der Waals surface area (Å²) in [5.74, 6) is -2.48. The summed E-state index contributed by atoms with van der Waals surface area (Å²) >= 11 is 0. The highest BCUT2D eigenvalue weighted by Gasteiger charge is 2.09. The van der Waals surface area contributed by atoms with Gasteiger partial charge in [-0.15, -0.1) is 0 Å². The first-order valence-electron chi connectivity index (χ1n) is 6.69. The fourth-order valence-electron chi connectivity index (χ4n) is 1.97. The van der Waals surface area contributed by atoms with Crippen LogP contribution in [0.25, 0.3) is 17.3 Å². The average molecular weight is 298 g/mol. The van der Waals surface area contributed by atoms with E-state index in [1.807, 2.05) is 31.2 Å². The lowest BCUT2D eigenvalue weighted by molar-refractivity contribution is -0.306. The second-order valence-electron chi connectivity index (χ2n) is 4.84. The lowest BCUT2D eigenvalue weighted by atomic mass is 10.1. The number of nitrogens with zero attached hydrogens (tertiary/aromatic N) is 2. The smallest absolute Gasteiger partial charge is 0.0995 e. The van der Waals surface area contributed by atoms with Gasteiger partial charge >= 0.3 is 0 Å².